The number of amides is 1. The minimum Gasteiger partial charge on any atom is -0.454 e. The summed E-state index contributed by atoms with van der Waals surface area (Å²) >= 11 is 1.26. The van der Waals surface area contributed by atoms with Gasteiger partial charge in [0.15, 0.2) is 39.7 Å². The smallest absolute Gasteiger partial charge is 0.412 e. The van der Waals surface area contributed by atoms with Gasteiger partial charge in [-0.25, -0.2) is 15.0 Å². The summed E-state index contributed by atoms with van der Waals surface area (Å²) in [6, 6.07) is 3.00. The van der Waals surface area contributed by atoms with Gasteiger partial charge >= 0.3 is 6.18 Å². The summed E-state index contributed by atoms with van der Waals surface area (Å²) in [6.45, 7) is 0.975. The van der Waals surface area contributed by atoms with Crippen molar-refractivity contribution in [2.24, 2.45) is 11.7 Å². The molecule has 11 nitrogen and oxygen atoms in total. The van der Waals surface area contributed by atoms with Crippen molar-refractivity contribution in [2.75, 3.05) is 25.6 Å². The Morgan fingerprint density at radius 3 is 2.63 bits per heavy atom. The molecule has 0 saturated carbocycles. The number of fused-ring (bicyclic) bond motifs is 2. The molecule has 2 aliphatic rings. The molecule has 1 aromatic carbocycles. The van der Waals surface area contributed by atoms with Crippen LogP contribution in [0.4, 0.5) is 19.0 Å². The van der Waals surface area contributed by atoms with Crippen molar-refractivity contribution in [3.63, 3.8) is 0 Å². The number of nitrogens with two attached hydrogens (primary N) is 2. The quantitative estimate of drug-likeness (QED) is 0.469. The van der Waals surface area contributed by atoms with Gasteiger partial charge in [0, 0.05) is 30.6 Å². The third-order valence-electron chi connectivity index (χ3n) is 6.63. The number of alkyl halides is 3. The van der Waals surface area contributed by atoms with Crippen LogP contribution in [0.15, 0.2) is 28.5 Å². The number of imidazole rings is 1. The van der Waals surface area contributed by atoms with E-state index in [0.717, 1.165) is 0 Å². The lowest BCUT2D eigenvalue weighted by Gasteiger charge is -2.34. The molecule has 1 unspecified atom stereocenters. The summed E-state index contributed by atoms with van der Waals surface area (Å²) < 4.78 is 51.2. The molecule has 1 atom stereocenters. The minimum absolute atomic E-state index is 0.0749. The monoisotopic (exact) mass is 548 g/mol. The number of ether oxygens (including phenoxy) is 2. The molecule has 1 saturated heterocycles. The van der Waals surface area contributed by atoms with Crippen LogP contribution in [-0.2, 0) is 11.3 Å². The molecular weight excluding hydrogens is 525 g/mol. The highest BCUT2D eigenvalue weighted by Crippen LogP contribution is 2.41. The van der Waals surface area contributed by atoms with Crippen molar-refractivity contribution in [1.29, 1.82) is 5.26 Å². The molecule has 200 valence electrons. The second-order valence-corrected chi connectivity index (χ2v) is 9.98. The van der Waals surface area contributed by atoms with Gasteiger partial charge in [-0.1, -0.05) is 11.8 Å². The maximum absolute atomic E-state index is 12.8. The van der Waals surface area contributed by atoms with E-state index in [4.69, 9.17) is 20.9 Å². The lowest BCUT2D eigenvalue weighted by atomic mass is 9.93. The Morgan fingerprint density at radius 1 is 1.24 bits per heavy atom. The minimum atomic E-state index is -4.77. The third kappa shape index (κ3) is 5.01. The van der Waals surface area contributed by atoms with Crippen molar-refractivity contribution in [3.05, 3.63) is 24.0 Å². The van der Waals surface area contributed by atoms with Gasteiger partial charge in [0.2, 0.25) is 12.7 Å². The Labute approximate surface area is 218 Å². The molecule has 1 fully saturated rings. The Bertz CT molecular complexity index is 1420. The normalized spacial score (nSPS) is 16.6. The molecule has 4 N–H and O–H groups in total. The molecule has 1 amide bonds. The fourth-order valence-corrected chi connectivity index (χ4v) is 5.50. The molecule has 2 aromatic heterocycles. The Balaban J connectivity index is 1.33. The van der Waals surface area contributed by atoms with Gasteiger partial charge in [-0.2, -0.15) is 18.4 Å². The van der Waals surface area contributed by atoms with Crippen molar-refractivity contribution < 1.29 is 27.4 Å². The zero-order chi connectivity index (χ0) is 27.0. The number of benzene rings is 1. The second kappa shape index (κ2) is 10.2. The fourth-order valence-electron chi connectivity index (χ4n) is 4.50. The number of aromatic nitrogens is 4. The molecule has 0 spiro atoms. The highest BCUT2D eigenvalue weighted by molar-refractivity contribution is 7.99. The largest absolute Gasteiger partial charge is 0.454 e. The van der Waals surface area contributed by atoms with E-state index >= 15 is 0 Å². The maximum Gasteiger partial charge on any atom is 0.412 e. The van der Waals surface area contributed by atoms with Crippen molar-refractivity contribution in [1.82, 2.24) is 24.4 Å². The number of nitriles is 1. The number of hydrogen-bond donors (Lipinski definition) is 2. The standard InChI is InChI=1S/C23H23F3N8O3S/c24-23(25,26)18(28)21(35)33-4-1-12(2-5-33)3-6-34-20-17(19(29)30-10-31-20)32-22(34)38-16-8-15-14(36-11-37-15)7-13(16)9-27/h7-8,10,12,18H,1-6,11,28H2,(H2,29,30,31). The lowest BCUT2D eigenvalue weighted by Crippen LogP contribution is -2.53. The average Bonchev–Trinajstić information content (AvgIpc) is 3.50. The van der Waals surface area contributed by atoms with Gasteiger partial charge in [0.1, 0.15) is 12.4 Å². The van der Waals surface area contributed by atoms with Crippen LogP contribution >= 0.6 is 11.8 Å². The van der Waals surface area contributed by atoms with Crippen molar-refractivity contribution in [3.8, 4) is 17.6 Å². The Morgan fingerprint density at radius 2 is 1.95 bits per heavy atom. The van der Waals surface area contributed by atoms with Gasteiger partial charge in [0.25, 0.3) is 0 Å². The molecule has 4 heterocycles. The maximum atomic E-state index is 12.8. The number of anilines is 1. The number of hydrogen-bond acceptors (Lipinski definition) is 10. The molecule has 0 bridgehead atoms. The number of nitrogen functional groups attached to an aromatic ring is 1. The van der Waals surface area contributed by atoms with Gasteiger partial charge in [0.05, 0.1) is 5.56 Å². The molecular formula is C23H23F3N8O3S. The van der Waals surface area contributed by atoms with Crippen LogP contribution in [0.2, 0.25) is 0 Å². The van der Waals surface area contributed by atoms with E-state index < -0.39 is 18.1 Å². The summed E-state index contributed by atoms with van der Waals surface area (Å²) in [5.74, 6) is 0.306. The summed E-state index contributed by atoms with van der Waals surface area (Å²) in [7, 11) is 0. The first-order chi connectivity index (χ1) is 18.2. The molecule has 0 radical (unpaired) electrons. The SMILES string of the molecule is N#Cc1cc2c(cc1Sc1nc3c(N)ncnc3n1CCC1CCN(C(=O)C(N)C(F)(F)F)CC1)OCO2. The highest BCUT2D eigenvalue weighted by Gasteiger charge is 2.44. The first kappa shape index (κ1) is 25.9. The molecule has 3 aromatic rings. The van der Waals surface area contributed by atoms with Crippen LogP contribution in [0.1, 0.15) is 24.8 Å². The van der Waals surface area contributed by atoms with Gasteiger partial charge in [-0.15, -0.1) is 0 Å². The van der Waals surface area contributed by atoms with Crippen LogP contribution in [-0.4, -0.2) is 62.4 Å². The van der Waals surface area contributed by atoms with E-state index in [1.165, 1.54) is 23.0 Å². The van der Waals surface area contributed by atoms with Gasteiger partial charge < -0.3 is 30.4 Å². The van der Waals surface area contributed by atoms with E-state index in [9.17, 15) is 23.2 Å². The van der Waals surface area contributed by atoms with Gasteiger partial charge in [-0.3, -0.25) is 4.79 Å². The fraction of sp³-hybridized carbons (Fsp3) is 0.435. The molecule has 0 aliphatic carbocycles. The number of nitrogens with zero attached hydrogens (tertiary/aromatic N) is 6. The molecule has 38 heavy (non-hydrogen) atoms. The summed E-state index contributed by atoms with van der Waals surface area (Å²) in [4.78, 5) is 26.9. The van der Waals surface area contributed by atoms with Crippen molar-refractivity contribution >= 4 is 34.7 Å². The number of carbonyl (C=O) groups is 1. The Kier molecular flexibility index (Phi) is 6.93. The number of halogens is 3. The van der Waals surface area contributed by atoms with E-state index in [1.807, 2.05) is 4.57 Å². The van der Waals surface area contributed by atoms with Crippen LogP contribution in [0.5, 0.6) is 11.5 Å². The molecule has 5 rings (SSSR count). The zero-order valence-electron chi connectivity index (χ0n) is 19.9. The number of rotatable bonds is 6. The molecule has 15 heteroatoms. The predicted molar refractivity (Wildman–Crippen MR) is 129 cm³/mol. The zero-order valence-corrected chi connectivity index (χ0v) is 20.8. The number of carbonyl (C=O) groups excluding carboxylic acids is 1. The molecule has 2 aliphatic heterocycles. The van der Waals surface area contributed by atoms with E-state index in [-0.39, 0.29) is 31.6 Å². The predicted octanol–water partition coefficient (Wildman–Crippen LogP) is 2.68. The summed E-state index contributed by atoms with van der Waals surface area (Å²) in [6.07, 6.45) is -1.66. The van der Waals surface area contributed by atoms with Crippen LogP contribution in [0.25, 0.3) is 11.2 Å². The second-order valence-electron chi connectivity index (χ2n) is 8.97. The first-order valence-electron chi connectivity index (χ1n) is 11.7. The number of piperidine rings is 1. The van der Waals surface area contributed by atoms with Crippen LogP contribution < -0.4 is 20.9 Å². The summed E-state index contributed by atoms with van der Waals surface area (Å²) in [5.41, 5.74) is 12.5. The van der Waals surface area contributed by atoms with Gasteiger partial charge in [-0.05, 0) is 31.2 Å². The topological polar surface area (TPSA) is 158 Å². The van der Waals surface area contributed by atoms with Crippen LogP contribution in [0, 0.1) is 17.2 Å². The highest BCUT2D eigenvalue weighted by atomic mass is 32.2. The van der Waals surface area contributed by atoms with E-state index in [1.54, 1.807) is 12.1 Å². The first-order valence-corrected chi connectivity index (χ1v) is 12.6. The van der Waals surface area contributed by atoms with Crippen LogP contribution in [0.3, 0.4) is 0 Å². The lowest BCUT2D eigenvalue weighted by molar-refractivity contribution is -0.170. The number of aryl methyl sites for hydroxylation is 1. The average molecular weight is 549 g/mol. The van der Waals surface area contributed by atoms with E-state index in [2.05, 4.69) is 21.0 Å². The Hall–Kier alpha value is -3.77. The van der Waals surface area contributed by atoms with Crippen molar-refractivity contribution in [2.45, 2.75) is 48.1 Å². The number of likely N-dealkylation sites (tertiary alicyclic amines) is 1. The van der Waals surface area contributed by atoms with E-state index in [0.29, 0.717) is 64.1 Å². The summed E-state index contributed by atoms with van der Waals surface area (Å²) in [5, 5.41) is 10.2. The third-order valence-corrected chi connectivity index (χ3v) is 7.68.